The minimum atomic E-state index is 0.443. The van der Waals surface area contributed by atoms with Crippen molar-refractivity contribution in [3.05, 3.63) is 44.4 Å². The summed E-state index contributed by atoms with van der Waals surface area (Å²) < 4.78 is 2.81. The lowest BCUT2D eigenvalue weighted by Crippen LogP contribution is -2.37. The normalized spacial score (nSPS) is 24.0. The molecule has 9 heteroatoms. The summed E-state index contributed by atoms with van der Waals surface area (Å²) >= 11 is 4.13. The van der Waals surface area contributed by atoms with Crippen LogP contribution in [0.15, 0.2) is 24.5 Å². The first-order valence-corrected chi connectivity index (χ1v) is 13.6. The number of hydrogen-bond donors (Lipinski definition) is 2. The number of anilines is 1. The van der Waals surface area contributed by atoms with Gasteiger partial charge in [0.05, 0.1) is 26.8 Å². The van der Waals surface area contributed by atoms with Gasteiger partial charge < -0.3 is 11.1 Å². The van der Waals surface area contributed by atoms with Gasteiger partial charge in [-0.3, -0.25) is 4.98 Å². The Bertz CT molecular complexity index is 1340. The van der Waals surface area contributed by atoms with Crippen molar-refractivity contribution in [2.75, 3.05) is 5.73 Å². The van der Waals surface area contributed by atoms with E-state index >= 15 is 0 Å². The molecule has 2 fully saturated rings. The number of aromatic nitrogens is 5. The van der Waals surface area contributed by atoms with Crippen molar-refractivity contribution in [2.45, 2.75) is 62.9 Å². The zero-order chi connectivity index (χ0) is 22.1. The second-order valence-electron chi connectivity index (χ2n) is 9.47. The van der Waals surface area contributed by atoms with Crippen LogP contribution in [0.5, 0.6) is 0 Å². The van der Waals surface area contributed by atoms with Crippen LogP contribution in [-0.4, -0.2) is 36.6 Å². The molecule has 1 aliphatic carbocycles. The van der Waals surface area contributed by atoms with Crippen LogP contribution in [0.1, 0.15) is 54.3 Å². The average molecular weight is 569 g/mol. The number of piperidine rings is 1. The maximum absolute atomic E-state index is 6.55. The second-order valence-corrected chi connectivity index (χ2v) is 11.6. The molecule has 2 aliphatic heterocycles. The molecule has 4 aromatic heterocycles. The van der Waals surface area contributed by atoms with Crippen molar-refractivity contribution >= 4 is 45.4 Å². The summed E-state index contributed by atoms with van der Waals surface area (Å²) in [5, 5.41) is 9.32. The Balaban J connectivity index is 1.26. The summed E-state index contributed by atoms with van der Waals surface area (Å²) in [4.78, 5) is 16.1. The smallest absolute Gasteiger partial charge is 0.165 e. The standard InChI is InChI=1S/C24H24IN7S/c25-20-21(13-8-14-5-6-15(9-13)29-14)31-23-16(11-28-32(23)22(20)26)12-4-7-18(27-10-12)24-30-17-2-1-3-19(17)33-24/h4,7,10-11,13-15,29H,1-3,5-6,8-9,26H2/t13?,14-,15+. The van der Waals surface area contributed by atoms with Crippen LogP contribution in [0.4, 0.5) is 5.82 Å². The van der Waals surface area contributed by atoms with E-state index in [4.69, 9.17) is 20.7 Å². The van der Waals surface area contributed by atoms with E-state index in [1.54, 1.807) is 15.9 Å². The third kappa shape index (κ3) is 3.30. The third-order valence-electron chi connectivity index (χ3n) is 7.40. The Labute approximate surface area is 209 Å². The van der Waals surface area contributed by atoms with Crippen LogP contribution in [0.2, 0.25) is 0 Å². The number of aryl methyl sites for hydroxylation is 2. The maximum atomic E-state index is 6.55. The summed E-state index contributed by atoms with van der Waals surface area (Å²) in [5.41, 5.74) is 12.7. The van der Waals surface area contributed by atoms with Gasteiger partial charge in [-0.25, -0.2) is 9.97 Å². The summed E-state index contributed by atoms with van der Waals surface area (Å²) in [5.74, 6) is 1.12. The highest BCUT2D eigenvalue weighted by molar-refractivity contribution is 14.1. The van der Waals surface area contributed by atoms with Crippen LogP contribution >= 0.6 is 33.9 Å². The van der Waals surface area contributed by atoms with Crippen molar-refractivity contribution in [1.82, 2.24) is 29.9 Å². The molecule has 7 rings (SSSR count). The number of fused-ring (bicyclic) bond motifs is 4. The van der Waals surface area contributed by atoms with Gasteiger partial charge in [-0.1, -0.05) is 6.07 Å². The number of halogens is 1. The molecule has 0 amide bonds. The number of pyridine rings is 1. The van der Waals surface area contributed by atoms with Crippen LogP contribution in [0.25, 0.3) is 27.5 Å². The van der Waals surface area contributed by atoms with Crippen LogP contribution < -0.4 is 11.1 Å². The first-order chi connectivity index (χ1) is 16.1. The van der Waals surface area contributed by atoms with Crippen LogP contribution in [0, 0.1) is 3.57 Å². The molecular formula is C24H24IN7S. The van der Waals surface area contributed by atoms with Crippen molar-refractivity contribution in [3.8, 4) is 21.8 Å². The second kappa shape index (κ2) is 7.71. The van der Waals surface area contributed by atoms with Gasteiger partial charge in [0.2, 0.25) is 0 Å². The Morgan fingerprint density at radius 2 is 1.94 bits per heavy atom. The van der Waals surface area contributed by atoms with Gasteiger partial charge in [-0.15, -0.1) is 11.3 Å². The van der Waals surface area contributed by atoms with E-state index in [0.29, 0.717) is 23.8 Å². The predicted molar refractivity (Wildman–Crippen MR) is 138 cm³/mol. The molecule has 2 saturated heterocycles. The van der Waals surface area contributed by atoms with Gasteiger partial charge >= 0.3 is 0 Å². The average Bonchev–Trinajstić information content (AvgIpc) is 3.59. The van der Waals surface area contributed by atoms with Crippen LogP contribution in [0.3, 0.4) is 0 Å². The fourth-order valence-corrected chi connectivity index (χ4v) is 7.66. The van der Waals surface area contributed by atoms with E-state index in [-0.39, 0.29) is 0 Å². The largest absolute Gasteiger partial charge is 0.383 e. The highest BCUT2D eigenvalue weighted by Crippen LogP contribution is 2.40. The number of nitrogens with one attached hydrogen (secondary N) is 1. The molecule has 0 spiro atoms. The van der Waals surface area contributed by atoms with E-state index in [1.807, 2.05) is 12.4 Å². The van der Waals surface area contributed by atoms with E-state index in [9.17, 15) is 0 Å². The Kier molecular flexibility index (Phi) is 4.74. The zero-order valence-electron chi connectivity index (χ0n) is 18.1. The van der Waals surface area contributed by atoms with E-state index in [0.717, 1.165) is 62.4 Å². The van der Waals surface area contributed by atoms with Crippen LogP contribution in [-0.2, 0) is 12.8 Å². The van der Waals surface area contributed by atoms with Gasteiger partial charge in [-0.05, 0) is 73.6 Å². The maximum Gasteiger partial charge on any atom is 0.165 e. The zero-order valence-corrected chi connectivity index (χ0v) is 21.1. The van der Waals surface area contributed by atoms with E-state index < -0.39 is 0 Å². The van der Waals surface area contributed by atoms with Crippen molar-refractivity contribution < 1.29 is 0 Å². The number of nitrogens with zero attached hydrogens (tertiary/aromatic N) is 5. The minimum absolute atomic E-state index is 0.443. The van der Waals surface area contributed by atoms with E-state index in [1.165, 1.54) is 29.8 Å². The Hall–Kier alpha value is -2.11. The topological polar surface area (TPSA) is 94.0 Å². The molecule has 2 bridgehead atoms. The third-order valence-corrected chi connectivity index (χ3v) is 9.68. The molecule has 7 nitrogen and oxygen atoms in total. The van der Waals surface area contributed by atoms with Gasteiger partial charge in [0.25, 0.3) is 0 Å². The van der Waals surface area contributed by atoms with Gasteiger partial charge in [0.1, 0.15) is 10.8 Å². The van der Waals surface area contributed by atoms with Crippen molar-refractivity contribution in [2.24, 2.45) is 0 Å². The highest BCUT2D eigenvalue weighted by atomic mass is 127. The number of rotatable bonds is 3. The summed E-state index contributed by atoms with van der Waals surface area (Å²) in [6.45, 7) is 0. The SMILES string of the molecule is Nc1c(I)c(C2C[C@H]3CC[C@@H](C2)N3)nc2c(-c3ccc(-c4nc5c(s4)CCC5)nc3)cnn12. The summed E-state index contributed by atoms with van der Waals surface area (Å²) in [7, 11) is 0. The van der Waals surface area contributed by atoms with Gasteiger partial charge in [-0.2, -0.15) is 9.61 Å². The highest BCUT2D eigenvalue weighted by Gasteiger charge is 2.36. The molecule has 0 radical (unpaired) electrons. The predicted octanol–water partition coefficient (Wildman–Crippen LogP) is 4.59. The number of nitrogen functional groups attached to an aromatic ring is 1. The Morgan fingerprint density at radius 3 is 2.70 bits per heavy atom. The quantitative estimate of drug-likeness (QED) is 0.351. The molecule has 3 aliphatic rings. The lowest BCUT2D eigenvalue weighted by Gasteiger charge is -2.29. The number of hydrogen-bond acceptors (Lipinski definition) is 7. The molecule has 3 atom stereocenters. The van der Waals surface area contributed by atoms with E-state index in [2.05, 4.69) is 45.1 Å². The molecule has 1 unspecified atom stereocenters. The first kappa shape index (κ1) is 20.3. The lowest BCUT2D eigenvalue weighted by molar-refractivity contribution is 0.358. The molecule has 0 saturated carbocycles. The molecule has 0 aromatic carbocycles. The fourth-order valence-electron chi connectivity index (χ4n) is 5.75. The molecular weight excluding hydrogens is 545 g/mol. The lowest BCUT2D eigenvalue weighted by atomic mass is 9.89. The summed E-state index contributed by atoms with van der Waals surface area (Å²) in [6.07, 6.45) is 12.1. The van der Waals surface area contributed by atoms with Crippen molar-refractivity contribution in [1.29, 1.82) is 0 Å². The molecule has 6 heterocycles. The molecule has 4 aromatic rings. The molecule has 3 N–H and O–H groups in total. The first-order valence-electron chi connectivity index (χ1n) is 11.7. The Morgan fingerprint density at radius 1 is 1.09 bits per heavy atom. The molecule has 168 valence electrons. The molecule has 33 heavy (non-hydrogen) atoms. The number of nitrogens with two attached hydrogens (primary N) is 1. The number of thiazole rings is 1. The summed E-state index contributed by atoms with van der Waals surface area (Å²) in [6, 6.07) is 5.38. The van der Waals surface area contributed by atoms with Crippen molar-refractivity contribution in [3.63, 3.8) is 0 Å². The fraction of sp³-hybridized carbons (Fsp3) is 0.417. The van der Waals surface area contributed by atoms with Gasteiger partial charge in [0, 0.05) is 40.2 Å². The monoisotopic (exact) mass is 569 g/mol. The van der Waals surface area contributed by atoms with Gasteiger partial charge in [0.15, 0.2) is 5.65 Å². The minimum Gasteiger partial charge on any atom is -0.383 e.